The lowest BCUT2D eigenvalue weighted by molar-refractivity contribution is -0.125. The molecule has 0 spiro atoms. The average molecular weight is 406 g/mol. The van der Waals surface area contributed by atoms with Crippen molar-refractivity contribution in [2.24, 2.45) is 5.92 Å². The number of rotatable bonds is 6. The predicted molar refractivity (Wildman–Crippen MR) is 114 cm³/mol. The molecule has 3 aromatic rings. The molecule has 0 saturated carbocycles. The van der Waals surface area contributed by atoms with Crippen molar-refractivity contribution in [3.8, 4) is 11.6 Å². The third kappa shape index (κ3) is 4.42. The minimum Gasteiger partial charge on any atom is -0.497 e. The van der Waals surface area contributed by atoms with Gasteiger partial charge >= 0.3 is 0 Å². The van der Waals surface area contributed by atoms with Crippen LogP contribution in [0, 0.1) is 12.8 Å². The van der Waals surface area contributed by atoms with Crippen molar-refractivity contribution in [1.29, 1.82) is 0 Å². The van der Waals surface area contributed by atoms with E-state index in [2.05, 4.69) is 25.4 Å². The summed E-state index contributed by atoms with van der Waals surface area (Å²) in [6.07, 6.45) is 5.43. The van der Waals surface area contributed by atoms with Gasteiger partial charge in [-0.15, -0.1) is 10.2 Å². The summed E-state index contributed by atoms with van der Waals surface area (Å²) in [4.78, 5) is 19.1. The summed E-state index contributed by atoms with van der Waals surface area (Å²) >= 11 is 0. The van der Waals surface area contributed by atoms with Crippen LogP contribution in [0.3, 0.4) is 0 Å². The van der Waals surface area contributed by atoms with E-state index in [4.69, 9.17) is 4.74 Å². The second-order valence-corrected chi connectivity index (χ2v) is 7.45. The van der Waals surface area contributed by atoms with E-state index in [0.717, 1.165) is 48.2 Å². The zero-order valence-electron chi connectivity index (χ0n) is 17.3. The van der Waals surface area contributed by atoms with Gasteiger partial charge in [-0.1, -0.05) is 12.1 Å². The molecule has 1 aliphatic rings. The van der Waals surface area contributed by atoms with Crippen LogP contribution in [0.2, 0.25) is 0 Å². The van der Waals surface area contributed by atoms with Crippen LogP contribution in [0.1, 0.15) is 24.2 Å². The van der Waals surface area contributed by atoms with Crippen molar-refractivity contribution < 1.29 is 9.53 Å². The maximum Gasteiger partial charge on any atom is 0.225 e. The van der Waals surface area contributed by atoms with Gasteiger partial charge in [-0.2, -0.15) is 0 Å². The van der Waals surface area contributed by atoms with Crippen molar-refractivity contribution in [2.75, 3.05) is 25.1 Å². The molecule has 8 heteroatoms. The molecule has 1 aromatic carbocycles. The number of carbonyl (C=O) groups is 1. The molecule has 156 valence electrons. The Balaban J connectivity index is 1.35. The number of hydrogen-bond donors (Lipinski definition) is 1. The number of carbonyl (C=O) groups excluding carboxylic acids is 1. The molecule has 0 bridgehead atoms. The largest absolute Gasteiger partial charge is 0.497 e. The van der Waals surface area contributed by atoms with Crippen molar-refractivity contribution in [1.82, 2.24) is 25.1 Å². The molecule has 4 rings (SSSR count). The highest BCUT2D eigenvalue weighted by Crippen LogP contribution is 2.22. The van der Waals surface area contributed by atoms with E-state index in [0.29, 0.717) is 13.1 Å². The van der Waals surface area contributed by atoms with Crippen LogP contribution >= 0.6 is 0 Å². The van der Waals surface area contributed by atoms with E-state index in [1.54, 1.807) is 13.3 Å². The first-order valence-electron chi connectivity index (χ1n) is 10.1. The van der Waals surface area contributed by atoms with Gasteiger partial charge in [0.25, 0.3) is 0 Å². The highest BCUT2D eigenvalue weighted by Gasteiger charge is 2.26. The quantitative estimate of drug-likeness (QED) is 0.677. The molecular weight excluding hydrogens is 380 g/mol. The first-order chi connectivity index (χ1) is 14.6. The first-order valence-corrected chi connectivity index (χ1v) is 10.1. The molecule has 1 fully saturated rings. The molecule has 1 atom stereocenters. The number of ether oxygens (including phenoxy) is 1. The number of aryl methyl sites for hydroxylation is 1. The second-order valence-electron chi connectivity index (χ2n) is 7.45. The summed E-state index contributed by atoms with van der Waals surface area (Å²) < 4.78 is 7.06. The van der Waals surface area contributed by atoms with E-state index >= 15 is 0 Å². The lowest BCUT2D eigenvalue weighted by Crippen LogP contribution is -2.43. The summed E-state index contributed by atoms with van der Waals surface area (Å²) in [5, 5.41) is 11.8. The predicted octanol–water partition coefficient (Wildman–Crippen LogP) is 2.51. The number of nitrogens with zero attached hydrogens (tertiary/aromatic N) is 5. The molecule has 0 aliphatic carbocycles. The van der Waals surface area contributed by atoms with Gasteiger partial charge < -0.3 is 15.0 Å². The topological polar surface area (TPSA) is 85.2 Å². The van der Waals surface area contributed by atoms with Gasteiger partial charge in [0.05, 0.1) is 13.0 Å². The van der Waals surface area contributed by atoms with Crippen LogP contribution in [-0.2, 0) is 11.3 Å². The van der Waals surface area contributed by atoms with E-state index in [9.17, 15) is 4.79 Å². The maximum atomic E-state index is 12.7. The van der Waals surface area contributed by atoms with Gasteiger partial charge in [-0.3, -0.25) is 9.36 Å². The van der Waals surface area contributed by atoms with Gasteiger partial charge in [-0.05, 0) is 49.6 Å². The minimum absolute atomic E-state index is 0.0608. The Morgan fingerprint density at radius 2 is 1.93 bits per heavy atom. The third-order valence-electron chi connectivity index (χ3n) is 5.45. The highest BCUT2D eigenvalue weighted by atomic mass is 16.5. The number of benzene rings is 1. The first kappa shape index (κ1) is 19.9. The number of amides is 1. The van der Waals surface area contributed by atoms with E-state index in [-0.39, 0.29) is 11.8 Å². The zero-order chi connectivity index (χ0) is 20.9. The molecule has 1 aliphatic heterocycles. The van der Waals surface area contributed by atoms with Crippen LogP contribution in [0.25, 0.3) is 5.82 Å². The van der Waals surface area contributed by atoms with Crippen LogP contribution < -0.4 is 15.0 Å². The molecular formula is C22H26N6O2. The van der Waals surface area contributed by atoms with Gasteiger partial charge in [0.2, 0.25) is 5.91 Å². The SMILES string of the molecule is COc1ccc(CNC(=O)C2CCCN(c3ccc(-n4ccnc4C)nn3)C2)cc1. The Morgan fingerprint density at radius 3 is 2.60 bits per heavy atom. The van der Waals surface area contributed by atoms with Crippen LogP contribution in [-0.4, -0.2) is 45.9 Å². The van der Waals surface area contributed by atoms with Crippen molar-refractivity contribution in [3.05, 3.63) is 60.2 Å². The normalized spacial score (nSPS) is 16.3. The minimum atomic E-state index is -0.0608. The van der Waals surface area contributed by atoms with Crippen molar-refractivity contribution in [3.63, 3.8) is 0 Å². The van der Waals surface area contributed by atoms with Crippen LogP contribution in [0.4, 0.5) is 5.82 Å². The van der Waals surface area contributed by atoms with Gasteiger partial charge in [0.15, 0.2) is 11.6 Å². The lowest BCUT2D eigenvalue weighted by Gasteiger charge is -2.32. The monoisotopic (exact) mass is 406 g/mol. The Kier molecular flexibility index (Phi) is 5.92. The fraction of sp³-hybridized carbons (Fsp3) is 0.364. The molecule has 1 unspecified atom stereocenters. The summed E-state index contributed by atoms with van der Waals surface area (Å²) in [6.45, 7) is 3.96. The van der Waals surface area contributed by atoms with E-state index in [1.165, 1.54) is 0 Å². The summed E-state index contributed by atoms with van der Waals surface area (Å²) in [5.41, 5.74) is 1.05. The number of nitrogens with one attached hydrogen (secondary N) is 1. The summed E-state index contributed by atoms with van der Waals surface area (Å²) in [7, 11) is 1.64. The zero-order valence-corrected chi connectivity index (χ0v) is 17.3. The average Bonchev–Trinajstić information content (AvgIpc) is 3.24. The van der Waals surface area contributed by atoms with Crippen molar-refractivity contribution >= 4 is 11.7 Å². The molecule has 3 heterocycles. The fourth-order valence-corrected chi connectivity index (χ4v) is 3.71. The Morgan fingerprint density at radius 1 is 1.17 bits per heavy atom. The molecule has 1 saturated heterocycles. The van der Waals surface area contributed by atoms with Gasteiger partial charge in [0, 0.05) is 32.0 Å². The number of anilines is 1. The van der Waals surface area contributed by atoms with Crippen LogP contribution in [0.5, 0.6) is 5.75 Å². The fourth-order valence-electron chi connectivity index (χ4n) is 3.71. The number of methoxy groups -OCH3 is 1. The Hall–Kier alpha value is -3.42. The molecule has 30 heavy (non-hydrogen) atoms. The molecule has 0 radical (unpaired) electrons. The van der Waals surface area contributed by atoms with Crippen molar-refractivity contribution in [2.45, 2.75) is 26.3 Å². The van der Waals surface area contributed by atoms with E-state index < -0.39 is 0 Å². The van der Waals surface area contributed by atoms with Gasteiger partial charge in [-0.25, -0.2) is 4.98 Å². The molecule has 2 aromatic heterocycles. The standard InChI is InChI=1S/C22H26N6O2/c1-16-23-11-13-28(16)21-10-9-20(25-26-21)27-12-3-4-18(15-27)22(29)24-14-17-5-7-19(30-2)8-6-17/h5-11,13,18H,3-4,12,14-15H2,1-2H3,(H,24,29). The molecule has 1 amide bonds. The number of piperidine rings is 1. The maximum absolute atomic E-state index is 12.7. The molecule has 8 nitrogen and oxygen atoms in total. The third-order valence-corrected chi connectivity index (χ3v) is 5.45. The second kappa shape index (κ2) is 8.94. The van der Waals surface area contributed by atoms with Crippen LogP contribution in [0.15, 0.2) is 48.8 Å². The summed E-state index contributed by atoms with van der Waals surface area (Å²) in [6, 6.07) is 11.6. The van der Waals surface area contributed by atoms with Gasteiger partial charge in [0.1, 0.15) is 11.6 Å². The smallest absolute Gasteiger partial charge is 0.225 e. The Bertz CT molecular complexity index is 984. The number of imidazole rings is 1. The highest BCUT2D eigenvalue weighted by molar-refractivity contribution is 5.79. The number of hydrogen-bond acceptors (Lipinski definition) is 6. The number of aromatic nitrogens is 4. The van der Waals surface area contributed by atoms with E-state index in [1.807, 2.05) is 54.1 Å². The lowest BCUT2D eigenvalue weighted by atomic mass is 9.97. The Labute approximate surface area is 175 Å². The molecule has 1 N–H and O–H groups in total. The summed E-state index contributed by atoms with van der Waals surface area (Å²) in [5.74, 6) is 3.22.